The van der Waals surface area contributed by atoms with Crippen LogP contribution in [0.4, 0.5) is 0 Å². The molecule has 0 atom stereocenters. The summed E-state index contributed by atoms with van der Waals surface area (Å²) in [6.45, 7) is 3.11. The molecular formula is C9H14N2O2. The minimum atomic E-state index is -0.0566. The Morgan fingerprint density at radius 2 is 2.46 bits per heavy atom. The van der Waals surface area contributed by atoms with Crippen molar-refractivity contribution in [2.24, 2.45) is 5.73 Å². The number of hydrogen-bond acceptors (Lipinski definition) is 3. The summed E-state index contributed by atoms with van der Waals surface area (Å²) >= 11 is 0. The van der Waals surface area contributed by atoms with Crippen LogP contribution in [0.2, 0.25) is 0 Å². The van der Waals surface area contributed by atoms with Crippen molar-refractivity contribution in [3.63, 3.8) is 0 Å². The van der Waals surface area contributed by atoms with Crippen LogP contribution in [0.25, 0.3) is 0 Å². The molecule has 0 unspecified atom stereocenters. The van der Waals surface area contributed by atoms with Crippen LogP contribution in [0.15, 0.2) is 22.8 Å². The van der Waals surface area contributed by atoms with Gasteiger partial charge in [-0.05, 0) is 19.1 Å². The van der Waals surface area contributed by atoms with E-state index in [1.165, 1.54) is 0 Å². The Balaban J connectivity index is 2.54. The molecule has 1 aromatic rings. The third-order valence-electron chi connectivity index (χ3n) is 1.84. The fraction of sp³-hybridized carbons (Fsp3) is 0.444. The zero-order valence-electron chi connectivity index (χ0n) is 7.69. The van der Waals surface area contributed by atoms with Crippen molar-refractivity contribution >= 4 is 5.91 Å². The molecule has 0 bridgehead atoms. The van der Waals surface area contributed by atoms with Crippen LogP contribution in [-0.4, -0.2) is 23.9 Å². The molecule has 0 radical (unpaired) electrons. The van der Waals surface area contributed by atoms with Gasteiger partial charge in [-0.25, -0.2) is 0 Å². The lowest BCUT2D eigenvalue weighted by molar-refractivity contribution is -0.130. The van der Waals surface area contributed by atoms with Crippen molar-refractivity contribution in [3.8, 4) is 0 Å². The molecule has 0 spiro atoms. The fourth-order valence-corrected chi connectivity index (χ4v) is 1.10. The van der Waals surface area contributed by atoms with E-state index in [0.717, 1.165) is 5.76 Å². The van der Waals surface area contributed by atoms with E-state index in [1.807, 2.05) is 13.0 Å². The molecule has 1 heterocycles. The van der Waals surface area contributed by atoms with Crippen molar-refractivity contribution < 1.29 is 9.21 Å². The van der Waals surface area contributed by atoms with Gasteiger partial charge in [-0.1, -0.05) is 0 Å². The molecule has 0 aromatic carbocycles. The highest BCUT2D eigenvalue weighted by Gasteiger charge is 2.10. The second-order valence-electron chi connectivity index (χ2n) is 2.69. The number of rotatable bonds is 4. The molecule has 4 nitrogen and oxygen atoms in total. The number of nitrogens with zero attached hydrogens (tertiary/aromatic N) is 1. The van der Waals surface area contributed by atoms with Gasteiger partial charge in [0.25, 0.3) is 0 Å². The van der Waals surface area contributed by atoms with E-state index >= 15 is 0 Å². The van der Waals surface area contributed by atoms with Crippen LogP contribution in [-0.2, 0) is 11.3 Å². The van der Waals surface area contributed by atoms with Crippen LogP contribution in [0, 0.1) is 0 Å². The number of amides is 1. The minimum Gasteiger partial charge on any atom is -0.467 e. The highest BCUT2D eigenvalue weighted by Crippen LogP contribution is 2.04. The summed E-state index contributed by atoms with van der Waals surface area (Å²) < 4.78 is 5.13. The topological polar surface area (TPSA) is 59.5 Å². The first-order chi connectivity index (χ1) is 6.27. The second kappa shape index (κ2) is 4.67. The summed E-state index contributed by atoms with van der Waals surface area (Å²) in [5.41, 5.74) is 5.26. The molecule has 4 heteroatoms. The number of furan rings is 1. The monoisotopic (exact) mass is 182 g/mol. The van der Waals surface area contributed by atoms with Crippen molar-refractivity contribution in [1.82, 2.24) is 4.90 Å². The Bertz CT molecular complexity index is 257. The SMILES string of the molecule is CCN(Cc1ccco1)C(=O)CN. The lowest BCUT2D eigenvalue weighted by Gasteiger charge is -2.18. The molecule has 0 aliphatic carbocycles. The normalized spacial score (nSPS) is 10.0. The highest BCUT2D eigenvalue weighted by molar-refractivity contribution is 5.77. The van der Waals surface area contributed by atoms with E-state index < -0.39 is 0 Å². The van der Waals surface area contributed by atoms with Crippen molar-refractivity contribution in [3.05, 3.63) is 24.2 Å². The largest absolute Gasteiger partial charge is 0.467 e. The van der Waals surface area contributed by atoms with Gasteiger partial charge in [0.1, 0.15) is 5.76 Å². The van der Waals surface area contributed by atoms with Gasteiger partial charge in [0.15, 0.2) is 0 Å². The van der Waals surface area contributed by atoms with E-state index in [1.54, 1.807) is 17.2 Å². The summed E-state index contributed by atoms with van der Waals surface area (Å²) in [7, 11) is 0. The first-order valence-electron chi connectivity index (χ1n) is 4.28. The third kappa shape index (κ3) is 2.59. The maximum absolute atomic E-state index is 11.2. The van der Waals surface area contributed by atoms with Crippen LogP contribution >= 0.6 is 0 Å². The summed E-state index contributed by atoms with van der Waals surface area (Å²) in [5, 5.41) is 0. The summed E-state index contributed by atoms with van der Waals surface area (Å²) in [6.07, 6.45) is 1.59. The molecule has 2 N–H and O–H groups in total. The standard InChI is InChI=1S/C9H14N2O2/c1-2-11(9(12)6-10)7-8-4-3-5-13-8/h3-5H,2,6-7,10H2,1H3. The van der Waals surface area contributed by atoms with Gasteiger partial charge in [-0.3, -0.25) is 4.79 Å². The predicted molar refractivity (Wildman–Crippen MR) is 48.9 cm³/mol. The van der Waals surface area contributed by atoms with Crippen LogP contribution in [0.3, 0.4) is 0 Å². The lowest BCUT2D eigenvalue weighted by Crippen LogP contribution is -2.35. The third-order valence-corrected chi connectivity index (χ3v) is 1.84. The van der Waals surface area contributed by atoms with Gasteiger partial charge < -0.3 is 15.1 Å². The van der Waals surface area contributed by atoms with E-state index in [9.17, 15) is 4.79 Å². The van der Waals surface area contributed by atoms with Gasteiger partial charge in [0, 0.05) is 6.54 Å². The molecule has 1 amide bonds. The van der Waals surface area contributed by atoms with Gasteiger partial charge in [-0.2, -0.15) is 0 Å². The Hall–Kier alpha value is -1.29. The second-order valence-corrected chi connectivity index (χ2v) is 2.69. The van der Waals surface area contributed by atoms with Gasteiger partial charge in [0.2, 0.25) is 5.91 Å². The van der Waals surface area contributed by atoms with Crippen LogP contribution in [0.1, 0.15) is 12.7 Å². The van der Waals surface area contributed by atoms with Gasteiger partial charge in [-0.15, -0.1) is 0 Å². The molecule has 1 aromatic heterocycles. The van der Waals surface area contributed by atoms with Crippen molar-refractivity contribution in [2.75, 3.05) is 13.1 Å². The van der Waals surface area contributed by atoms with Gasteiger partial charge >= 0.3 is 0 Å². The fourth-order valence-electron chi connectivity index (χ4n) is 1.10. The first-order valence-corrected chi connectivity index (χ1v) is 4.28. The van der Waals surface area contributed by atoms with Crippen LogP contribution < -0.4 is 5.73 Å². The number of hydrogen-bond donors (Lipinski definition) is 1. The Morgan fingerprint density at radius 1 is 1.69 bits per heavy atom. The van der Waals surface area contributed by atoms with E-state index in [0.29, 0.717) is 13.1 Å². The smallest absolute Gasteiger partial charge is 0.236 e. The zero-order valence-corrected chi connectivity index (χ0v) is 7.69. The maximum Gasteiger partial charge on any atom is 0.236 e. The zero-order chi connectivity index (χ0) is 9.68. The maximum atomic E-state index is 11.2. The Morgan fingerprint density at radius 3 is 2.92 bits per heavy atom. The molecule has 1 rings (SSSR count). The average Bonchev–Trinajstić information content (AvgIpc) is 2.65. The molecule has 72 valence electrons. The number of nitrogens with two attached hydrogens (primary N) is 1. The highest BCUT2D eigenvalue weighted by atomic mass is 16.3. The lowest BCUT2D eigenvalue weighted by atomic mass is 10.4. The van der Waals surface area contributed by atoms with Crippen molar-refractivity contribution in [1.29, 1.82) is 0 Å². The van der Waals surface area contributed by atoms with Gasteiger partial charge in [0.05, 0.1) is 19.4 Å². The van der Waals surface area contributed by atoms with E-state index in [-0.39, 0.29) is 12.5 Å². The summed E-state index contributed by atoms with van der Waals surface area (Å²) in [4.78, 5) is 12.9. The Labute approximate surface area is 77.3 Å². The molecule has 0 aliphatic rings. The molecule has 0 aliphatic heterocycles. The number of carbonyl (C=O) groups excluding carboxylic acids is 1. The first kappa shape index (κ1) is 9.80. The summed E-state index contributed by atoms with van der Waals surface area (Å²) in [6, 6.07) is 3.64. The quantitative estimate of drug-likeness (QED) is 0.741. The molecule has 13 heavy (non-hydrogen) atoms. The molecule has 0 saturated carbocycles. The Kier molecular flexibility index (Phi) is 3.52. The molecule has 0 fully saturated rings. The number of carbonyl (C=O) groups is 1. The van der Waals surface area contributed by atoms with Crippen LogP contribution in [0.5, 0.6) is 0 Å². The van der Waals surface area contributed by atoms with E-state index in [2.05, 4.69) is 0 Å². The molecular weight excluding hydrogens is 168 g/mol. The average molecular weight is 182 g/mol. The van der Waals surface area contributed by atoms with E-state index in [4.69, 9.17) is 10.2 Å². The molecule has 0 saturated heterocycles. The van der Waals surface area contributed by atoms with Crippen molar-refractivity contribution in [2.45, 2.75) is 13.5 Å². The summed E-state index contributed by atoms with van der Waals surface area (Å²) in [5.74, 6) is 0.725. The predicted octanol–water partition coefficient (Wildman–Crippen LogP) is 0.587. The number of likely N-dealkylation sites (N-methyl/N-ethyl adjacent to an activating group) is 1. The minimum absolute atomic E-state index is 0.0501.